The maximum atomic E-state index is 11.0. The smallest absolute Gasteiger partial charge is 0.250 e. The van der Waals surface area contributed by atoms with Gasteiger partial charge in [0.25, 0.3) is 10.0 Å². The number of fused-ring (bicyclic) bond motifs is 1. The highest BCUT2D eigenvalue weighted by Gasteiger charge is 2.17. The standard InChI is InChI=1S/C6H9N3O2S.CH4/c1-12(10,11)9-4-5-2-7-3-6(5)8-9;/h4,7H,2-3H2,1H3;1H4. The first kappa shape index (κ1) is 10.2. The number of nitrogens with zero attached hydrogens (tertiary/aromatic N) is 2. The second kappa shape index (κ2) is 3.12. The Morgan fingerprint density at radius 1 is 1.54 bits per heavy atom. The molecule has 0 atom stereocenters. The molecule has 0 unspecified atom stereocenters. The van der Waals surface area contributed by atoms with Gasteiger partial charge in [-0.15, -0.1) is 0 Å². The molecule has 5 nitrogen and oxygen atoms in total. The lowest BCUT2D eigenvalue weighted by Gasteiger charge is -1.96. The highest BCUT2D eigenvalue weighted by Crippen LogP contribution is 2.13. The summed E-state index contributed by atoms with van der Waals surface area (Å²) in [5.41, 5.74) is 1.81. The average molecular weight is 203 g/mol. The Morgan fingerprint density at radius 2 is 2.23 bits per heavy atom. The van der Waals surface area contributed by atoms with Crippen LogP contribution in [-0.4, -0.2) is 23.9 Å². The summed E-state index contributed by atoms with van der Waals surface area (Å²) in [4.78, 5) is 0. The van der Waals surface area contributed by atoms with Crippen LogP contribution in [0.25, 0.3) is 0 Å². The molecule has 2 heterocycles. The third kappa shape index (κ3) is 1.73. The van der Waals surface area contributed by atoms with Crippen LogP contribution in [0.1, 0.15) is 18.7 Å². The van der Waals surface area contributed by atoms with Gasteiger partial charge in [0, 0.05) is 24.8 Å². The van der Waals surface area contributed by atoms with Gasteiger partial charge >= 0.3 is 0 Å². The van der Waals surface area contributed by atoms with Crippen molar-refractivity contribution < 1.29 is 8.42 Å². The SMILES string of the molecule is C.CS(=O)(=O)n1cc2c(n1)CNC2. The number of rotatable bonds is 1. The molecule has 0 radical (unpaired) electrons. The van der Waals surface area contributed by atoms with Crippen molar-refractivity contribution >= 4 is 10.0 Å². The van der Waals surface area contributed by atoms with E-state index in [1.807, 2.05) is 0 Å². The highest BCUT2D eigenvalue weighted by atomic mass is 32.2. The van der Waals surface area contributed by atoms with Gasteiger partial charge in [-0.25, -0.2) is 8.42 Å². The fourth-order valence-electron chi connectivity index (χ4n) is 1.20. The number of hydrogen-bond acceptors (Lipinski definition) is 4. The van der Waals surface area contributed by atoms with E-state index in [-0.39, 0.29) is 7.43 Å². The quantitative estimate of drug-likeness (QED) is 0.694. The molecule has 0 aliphatic carbocycles. The molecule has 13 heavy (non-hydrogen) atoms. The topological polar surface area (TPSA) is 64.0 Å². The molecule has 1 N–H and O–H groups in total. The molecular weight excluding hydrogens is 190 g/mol. The molecule has 0 fully saturated rings. The third-order valence-corrected chi connectivity index (χ3v) is 2.67. The fraction of sp³-hybridized carbons (Fsp3) is 0.571. The minimum Gasteiger partial charge on any atom is -0.307 e. The monoisotopic (exact) mass is 203 g/mol. The van der Waals surface area contributed by atoms with Crippen LogP contribution in [-0.2, 0) is 23.1 Å². The Kier molecular flexibility index (Phi) is 2.44. The molecule has 0 spiro atoms. The molecule has 1 aliphatic heterocycles. The van der Waals surface area contributed by atoms with E-state index in [4.69, 9.17) is 0 Å². The van der Waals surface area contributed by atoms with Crippen molar-refractivity contribution in [1.82, 2.24) is 14.5 Å². The molecule has 1 aliphatic rings. The molecule has 6 heteroatoms. The van der Waals surface area contributed by atoms with Gasteiger partial charge in [0.2, 0.25) is 0 Å². The van der Waals surface area contributed by atoms with Crippen LogP contribution in [0.4, 0.5) is 0 Å². The van der Waals surface area contributed by atoms with Crippen LogP contribution in [0.2, 0.25) is 0 Å². The summed E-state index contributed by atoms with van der Waals surface area (Å²) >= 11 is 0. The van der Waals surface area contributed by atoms with Gasteiger partial charge in [0.15, 0.2) is 0 Å². The van der Waals surface area contributed by atoms with Crippen molar-refractivity contribution in [2.75, 3.05) is 6.26 Å². The van der Waals surface area contributed by atoms with E-state index in [1.165, 1.54) is 0 Å². The average Bonchev–Trinajstić information content (AvgIpc) is 2.37. The van der Waals surface area contributed by atoms with Gasteiger partial charge in [0.1, 0.15) is 0 Å². The Balaban J connectivity index is 0.000000845. The van der Waals surface area contributed by atoms with Gasteiger partial charge in [-0.05, 0) is 0 Å². The van der Waals surface area contributed by atoms with Crippen molar-refractivity contribution in [3.63, 3.8) is 0 Å². The molecular formula is C7H13N3O2S. The van der Waals surface area contributed by atoms with E-state index in [0.29, 0.717) is 13.1 Å². The largest absolute Gasteiger partial charge is 0.307 e. The van der Waals surface area contributed by atoms with Crippen molar-refractivity contribution in [2.24, 2.45) is 0 Å². The zero-order chi connectivity index (χ0) is 8.77. The minimum atomic E-state index is -3.20. The van der Waals surface area contributed by atoms with Crippen LogP contribution in [0, 0.1) is 0 Å². The summed E-state index contributed by atoms with van der Waals surface area (Å²) in [5, 5.41) is 7.00. The molecule has 1 aromatic heterocycles. The van der Waals surface area contributed by atoms with Gasteiger partial charge in [-0.1, -0.05) is 7.43 Å². The second-order valence-corrected chi connectivity index (χ2v) is 4.68. The first-order valence-electron chi connectivity index (χ1n) is 3.56. The summed E-state index contributed by atoms with van der Waals surface area (Å²) in [6.07, 6.45) is 2.70. The minimum absolute atomic E-state index is 0. The molecule has 0 bridgehead atoms. The number of nitrogens with one attached hydrogen (secondary N) is 1. The maximum absolute atomic E-state index is 11.0. The van der Waals surface area contributed by atoms with Crippen molar-refractivity contribution in [2.45, 2.75) is 20.5 Å². The molecule has 2 rings (SSSR count). The van der Waals surface area contributed by atoms with Gasteiger partial charge < -0.3 is 5.32 Å². The first-order chi connectivity index (χ1) is 5.57. The number of hydrogen-bond donors (Lipinski definition) is 1. The Morgan fingerprint density at radius 3 is 2.77 bits per heavy atom. The summed E-state index contributed by atoms with van der Waals surface area (Å²) < 4.78 is 23.1. The summed E-state index contributed by atoms with van der Waals surface area (Å²) in [6.45, 7) is 1.38. The van der Waals surface area contributed by atoms with Gasteiger partial charge in [-0.3, -0.25) is 0 Å². The van der Waals surface area contributed by atoms with E-state index in [1.54, 1.807) is 6.20 Å². The van der Waals surface area contributed by atoms with Crippen LogP contribution in [0.3, 0.4) is 0 Å². The van der Waals surface area contributed by atoms with E-state index >= 15 is 0 Å². The van der Waals surface area contributed by atoms with E-state index in [9.17, 15) is 8.42 Å². The normalized spacial score (nSPS) is 15.2. The highest BCUT2D eigenvalue weighted by molar-refractivity contribution is 7.89. The van der Waals surface area contributed by atoms with Crippen molar-refractivity contribution in [3.05, 3.63) is 17.5 Å². The summed E-state index contributed by atoms with van der Waals surface area (Å²) in [7, 11) is -3.20. The Labute approximate surface area is 77.8 Å². The van der Waals surface area contributed by atoms with Crippen molar-refractivity contribution in [3.8, 4) is 0 Å². The molecule has 0 aromatic carbocycles. The van der Waals surface area contributed by atoms with E-state index in [0.717, 1.165) is 21.6 Å². The van der Waals surface area contributed by atoms with Crippen LogP contribution >= 0.6 is 0 Å². The third-order valence-electron chi connectivity index (χ3n) is 1.80. The molecule has 0 saturated carbocycles. The summed E-state index contributed by atoms with van der Waals surface area (Å²) in [6, 6.07) is 0. The molecule has 0 amide bonds. The lowest BCUT2D eigenvalue weighted by atomic mass is 10.3. The van der Waals surface area contributed by atoms with Gasteiger partial charge in [0.05, 0.1) is 11.9 Å². The fourth-order valence-corrected chi connectivity index (χ4v) is 1.77. The first-order valence-corrected chi connectivity index (χ1v) is 5.41. The predicted molar refractivity (Wildman–Crippen MR) is 49.7 cm³/mol. The molecule has 1 aromatic rings. The lowest BCUT2D eigenvalue weighted by molar-refractivity contribution is 0.584. The summed E-state index contributed by atoms with van der Waals surface area (Å²) in [5.74, 6) is 0. The lowest BCUT2D eigenvalue weighted by Crippen LogP contribution is -2.13. The zero-order valence-electron chi connectivity index (χ0n) is 6.61. The Hall–Kier alpha value is -0.880. The van der Waals surface area contributed by atoms with E-state index in [2.05, 4.69) is 10.4 Å². The van der Waals surface area contributed by atoms with Crippen molar-refractivity contribution in [1.29, 1.82) is 0 Å². The predicted octanol–water partition coefficient (Wildman–Crippen LogP) is -0.0699. The Bertz CT molecular complexity index is 386. The van der Waals surface area contributed by atoms with Crippen LogP contribution in [0.5, 0.6) is 0 Å². The molecule has 74 valence electrons. The molecule has 0 saturated heterocycles. The number of aromatic nitrogens is 2. The van der Waals surface area contributed by atoms with Crippen LogP contribution < -0.4 is 5.32 Å². The van der Waals surface area contributed by atoms with Gasteiger partial charge in [-0.2, -0.15) is 9.19 Å². The zero-order valence-corrected chi connectivity index (χ0v) is 7.43. The maximum Gasteiger partial charge on any atom is 0.250 e. The van der Waals surface area contributed by atoms with Crippen LogP contribution in [0.15, 0.2) is 6.20 Å². The van der Waals surface area contributed by atoms with E-state index < -0.39 is 10.0 Å². The second-order valence-electron chi connectivity index (χ2n) is 2.84.